The van der Waals surface area contributed by atoms with Crippen molar-refractivity contribution in [3.63, 3.8) is 0 Å². The third-order valence-electron chi connectivity index (χ3n) is 8.85. The Kier molecular flexibility index (Phi) is 4.18. The number of rotatable bonds is 0. The molecule has 0 nitrogen and oxygen atoms in total. The molecule has 4 aromatic carbocycles. The summed E-state index contributed by atoms with van der Waals surface area (Å²) in [4.78, 5) is 0. The van der Waals surface area contributed by atoms with Gasteiger partial charge in [0, 0.05) is 0 Å². The summed E-state index contributed by atoms with van der Waals surface area (Å²) in [5.41, 5.74) is 14.4. The van der Waals surface area contributed by atoms with E-state index >= 15 is 0 Å². The van der Waals surface area contributed by atoms with Crippen LogP contribution in [-0.2, 0) is 26.3 Å². The fourth-order valence-corrected chi connectivity index (χ4v) is 22.2. The molecule has 0 spiro atoms. The molecule has 0 saturated carbocycles. The second-order valence-corrected chi connectivity index (χ2v) is 28.0. The molecular weight excluding hydrogens is 492 g/mol. The van der Waals surface area contributed by atoms with Crippen LogP contribution in [0.25, 0.3) is 22.3 Å². The molecule has 1 heterocycles. The van der Waals surface area contributed by atoms with Crippen LogP contribution in [0.4, 0.5) is 0 Å². The molecule has 0 bridgehead atoms. The van der Waals surface area contributed by atoms with Crippen LogP contribution in [0.2, 0.25) is 22.4 Å². The number of hydrogen-bond donors (Lipinski definition) is 0. The van der Waals surface area contributed by atoms with E-state index in [1.54, 1.807) is 33.0 Å². The van der Waals surface area contributed by atoms with E-state index < -0.39 is 28.3 Å². The molecule has 7 rings (SSSR count). The maximum absolute atomic E-state index is 2.90. The zero-order chi connectivity index (χ0) is 22.5. The van der Waals surface area contributed by atoms with E-state index in [9.17, 15) is 0 Å². The molecule has 162 valence electrons. The molecule has 0 N–H and O–H groups in total. The normalized spacial score (nSPS) is 22.3. The van der Waals surface area contributed by atoms with Gasteiger partial charge in [-0.25, -0.2) is 0 Å². The van der Waals surface area contributed by atoms with Gasteiger partial charge in [0.1, 0.15) is 0 Å². The number of fused-ring (bicyclic) bond motifs is 6. The maximum atomic E-state index is 2.76. The van der Waals surface area contributed by atoms with Crippen LogP contribution < -0.4 is 5.19 Å². The fourth-order valence-electron chi connectivity index (χ4n) is 7.63. The van der Waals surface area contributed by atoms with Crippen LogP contribution >= 0.6 is 0 Å². The van der Waals surface area contributed by atoms with Crippen molar-refractivity contribution in [1.82, 2.24) is 0 Å². The topological polar surface area (TPSA) is 0 Å². The Morgan fingerprint density at radius 1 is 0.606 bits per heavy atom. The minimum atomic E-state index is -2.90. The molecular formula is C31H30SiZr. The second kappa shape index (κ2) is 6.77. The Labute approximate surface area is 203 Å². The van der Waals surface area contributed by atoms with Crippen molar-refractivity contribution >= 4 is 13.3 Å². The van der Waals surface area contributed by atoms with Crippen LogP contribution in [-0.4, -0.2) is 8.07 Å². The van der Waals surface area contributed by atoms with Gasteiger partial charge in [-0.3, -0.25) is 0 Å². The Morgan fingerprint density at radius 2 is 1.12 bits per heavy atom. The van der Waals surface area contributed by atoms with E-state index in [4.69, 9.17) is 0 Å². The summed E-state index contributed by atoms with van der Waals surface area (Å²) in [5.74, 6) is 0. The number of benzene rings is 4. The van der Waals surface area contributed by atoms with E-state index in [-0.39, 0.29) is 0 Å². The second-order valence-electron chi connectivity index (χ2n) is 11.6. The van der Waals surface area contributed by atoms with E-state index in [0.29, 0.717) is 7.25 Å². The van der Waals surface area contributed by atoms with E-state index in [0.717, 1.165) is 0 Å². The molecule has 0 amide bonds. The van der Waals surface area contributed by atoms with E-state index in [1.165, 1.54) is 28.3 Å². The summed E-state index contributed by atoms with van der Waals surface area (Å²) < 4.78 is 6.75. The molecule has 0 fully saturated rings. The first-order valence-corrected chi connectivity index (χ1v) is 23.3. The fraction of sp³-hybridized carbons (Fsp3) is 0.226. The van der Waals surface area contributed by atoms with Crippen LogP contribution in [0.15, 0.2) is 84.9 Å². The van der Waals surface area contributed by atoms with Gasteiger partial charge in [0.15, 0.2) is 0 Å². The molecule has 2 unspecified atom stereocenters. The molecule has 0 saturated heterocycles. The van der Waals surface area contributed by atoms with Crippen molar-refractivity contribution in [1.29, 1.82) is 0 Å². The first-order chi connectivity index (χ1) is 15.9. The van der Waals surface area contributed by atoms with Gasteiger partial charge in [-0.2, -0.15) is 0 Å². The summed E-state index contributed by atoms with van der Waals surface area (Å²) in [6.45, 7) is 5.24. The molecule has 2 heteroatoms. The van der Waals surface area contributed by atoms with Crippen molar-refractivity contribution < 1.29 is 20.3 Å². The van der Waals surface area contributed by atoms with Gasteiger partial charge in [-0.15, -0.1) is 0 Å². The Hall–Kier alpha value is -2.02. The standard InChI is InChI=1S/C29H24Si.2CH3.Zr/c1-30(2,29-16-8-15-26-24-13-6-4-10-21(24)18-28(26)29)19-22-11-7-14-25-23-12-5-3-9-20(23)17-27(22)25;;;/h3-18H,19H2,1-2H3;2*1H3;. The Balaban J connectivity index is 1.64. The summed E-state index contributed by atoms with van der Waals surface area (Å²) in [6.07, 6.45) is 0. The Morgan fingerprint density at radius 3 is 1.79 bits per heavy atom. The van der Waals surface area contributed by atoms with Gasteiger partial charge < -0.3 is 0 Å². The predicted molar refractivity (Wildman–Crippen MR) is 140 cm³/mol. The van der Waals surface area contributed by atoms with E-state index in [1.807, 2.05) is 0 Å². The van der Waals surface area contributed by atoms with Crippen molar-refractivity contribution in [2.45, 2.75) is 35.7 Å². The molecule has 0 aromatic heterocycles. The third kappa shape index (κ3) is 2.60. The molecule has 1 aliphatic heterocycles. The zero-order valence-corrected chi connectivity index (χ0v) is 23.4. The van der Waals surface area contributed by atoms with Crippen LogP contribution in [0, 0.1) is 0 Å². The molecule has 2 atom stereocenters. The third-order valence-corrected chi connectivity index (χ3v) is 22.3. The summed E-state index contributed by atoms with van der Waals surface area (Å²) in [7, 11) is -1.71. The molecule has 2 aliphatic carbocycles. The predicted octanol–water partition coefficient (Wildman–Crippen LogP) is 7.79. The van der Waals surface area contributed by atoms with Crippen molar-refractivity contribution in [3.8, 4) is 22.3 Å². The minimum absolute atomic E-state index is 0.613. The molecule has 33 heavy (non-hydrogen) atoms. The average molecular weight is 522 g/mol. The van der Waals surface area contributed by atoms with Gasteiger partial charge in [0.25, 0.3) is 0 Å². The zero-order valence-electron chi connectivity index (χ0n) is 19.9. The summed E-state index contributed by atoms with van der Waals surface area (Å²) >= 11 is -2.90. The molecule has 0 radical (unpaired) electrons. The van der Waals surface area contributed by atoms with Gasteiger partial charge in [-0.05, 0) is 0 Å². The van der Waals surface area contributed by atoms with Crippen LogP contribution in [0.3, 0.4) is 0 Å². The van der Waals surface area contributed by atoms with Crippen LogP contribution in [0.5, 0.6) is 0 Å². The van der Waals surface area contributed by atoms with Crippen molar-refractivity contribution in [2.75, 3.05) is 0 Å². The summed E-state index contributed by atoms with van der Waals surface area (Å²) in [6, 6.07) is 34.5. The summed E-state index contributed by atoms with van der Waals surface area (Å²) in [5, 5.41) is 1.72. The first-order valence-electron chi connectivity index (χ1n) is 12.3. The molecule has 3 aliphatic rings. The van der Waals surface area contributed by atoms with Crippen molar-refractivity contribution in [3.05, 3.63) is 113 Å². The quantitative estimate of drug-likeness (QED) is 0.207. The first kappa shape index (κ1) is 20.4. The molecule has 4 aromatic rings. The van der Waals surface area contributed by atoms with Gasteiger partial charge in [0.05, 0.1) is 0 Å². The van der Waals surface area contributed by atoms with Crippen LogP contribution in [0.1, 0.15) is 35.1 Å². The van der Waals surface area contributed by atoms with Gasteiger partial charge in [0.2, 0.25) is 0 Å². The monoisotopic (exact) mass is 520 g/mol. The SMILES string of the molecule is C[Si]1(C)Cc2cccc3c2[CH](c2ccccc2-3)[Zr]([CH3])([CH3])[CH]2c3ccccc3-c3cccc1c32. The number of hydrogen-bond acceptors (Lipinski definition) is 0. The van der Waals surface area contributed by atoms with E-state index in [2.05, 4.69) is 107 Å². The average Bonchev–Trinajstić information content (AvgIpc) is 3.33. The Bertz CT molecular complexity index is 1460. The van der Waals surface area contributed by atoms with Gasteiger partial charge >= 0.3 is 204 Å². The van der Waals surface area contributed by atoms with Gasteiger partial charge in [-0.1, -0.05) is 0 Å². The van der Waals surface area contributed by atoms with Crippen molar-refractivity contribution in [2.24, 2.45) is 0 Å².